The highest BCUT2D eigenvalue weighted by atomic mass is 16.7. The molecule has 1 heterocycles. The minimum Gasteiger partial charge on any atom is -0.467 e. The number of nitrogens with one attached hydrogen (secondary N) is 1. The molecule has 1 fully saturated rings. The lowest BCUT2D eigenvalue weighted by Gasteiger charge is -2.22. The lowest BCUT2D eigenvalue weighted by Crippen LogP contribution is -2.44. The van der Waals surface area contributed by atoms with Gasteiger partial charge in [0.05, 0.1) is 22.5 Å². The number of epoxide rings is 1. The molecular formula is C12H21NO5. The fraction of sp³-hybridized carbons (Fsp3) is 0.833. The van der Waals surface area contributed by atoms with Crippen molar-refractivity contribution >= 4 is 12.1 Å². The normalized spacial score (nSPS) is 24.3. The molecule has 0 saturated carbocycles. The van der Waals surface area contributed by atoms with Gasteiger partial charge in [0.15, 0.2) is 0 Å². The molecule has 0 aromatic rings. The van der Waals surface area contributed by atoms with Gasteiger partial charge in [-0.15, -0.1) is 0 Å². The van der Waals surface area contributed by atoms with E-state index in [4.69, 9.17) is 12.2 Å². The summed E-state index contributed by atoms with van der Waals surface area (Å²) >= 11 is 0. The van der Waals surface area contributed by atoms with Crippen LogP contribution < -0.4 is 5.32 Å². The first-order valence-electron chi connectivity index (χ1n) is 6.80. The molecule has 0 spiro atoms. The number of esters is 1. The summed E-state index contributed by atoms with van der Waals surface area (Å²) in [4.78, 5) is 23.2. The van der Waals surface area contributed by atoms with Crippen LogP contribution in [0.15, 0.2) is 0 Å². The summed E-state index contributed by atoms with van der Waals surface area (Å²) in [6.07, 6.45) is -0.735. The van der Waals surface area contributed by atoms with Gasteiger partial charge in [-0.1, -0.05) is 0 Å². The Hall–Kier alpha value is -1.30. The van der Waals surface area contributed by atoms with E-state index in [2.05, 4.69) is 10.1 Å². The predicted molar refractivity (Wildman–Crippen MR) is 64.1 cm³/mol. The Morgan fingerprint density at radius 3 is 2.61 bits per heavy atom. The van der Waals surface area contributed by atoms with Crippen molar-refractivity contribution in [1.82, 2.24) is 5.32 Å². The SMILES string of the molecule is [2H][13C]1([2H])OC1CC[C@H](NC(=O)OC(C)(C)C)C(=O)OC. The molecule has 1 aliphatic rings. The van der Waals surface area contributed by atoms with Crippen molar-refractivity contribution in [1.29, 1.82) is 0 Å². The first-order chi connectivity index (χ1) is 9.05. The van der Waals surface area contributed by atoms with Gasteiger partial charge in [-0.25, -0.2) is 9.59 Å². The standard InChI is InChI=1S/C12H21NO5/c1-12(2,3)18-11(15)13-9(10(14)16-4)6-5-8-7-17-8/h8-9H,5-7H2,1-4H3,(H,13,15)/t8?,9-/m0/s1/i7+1D2. The second-order valence-electron chi connectivity index (χ2n) is 5.02. The van der Waals surface area contributed by atoms with E-state index in [1.165, 1.54) is 7.11 Å². The number of hydrogen-bond acceptors (Lipinski definition) is 5. The van der Waals surface area contributed by atoms with E-state index in [-0.39, 0.29) is 6.42 Å². The lowest BCUT2D eigenvalue weighted by molar-refractivity contribution is -0.143. The Kier molecular flexibility index (Phi) is 3.95. The van der Waals surface area contributed by atoms with Gasteiger partial charge in [0.2, 0.25) is 0 Å². The van der Waals surface area contributed by atoms with E-state index in [1.54, 1.807) is 20.8 Å². The Morgan fingerprint density at radius 1 is 1.56 bits per heavy atom. The van der Waals surface area contributed by atoms with Crippen LogP contribution in [0.4, 0.5) is 4.79 Å². The number of carbonyl (C=O) groups excluding carboxylic acids is 2. The van der Waals surface area contributed by atoms with Crippen LogP contribution in [0, 0.1) is 0 Å². The molecule has 1 N–H and O–H groups in total. The highest BCUT2D eigenvalue weighted by Crippen LogP contribution is 2.17. The summed E-state index contributed by atoms with van der Waals surface area (Å²) in [5.41, 5.74) is -0.665. The molecule has 1 unspecified atom stereocenters. The van der Waals surface area contributed by atoms with Crippen LogP contribution in [0.2, 0.25) is 0 Å². The molecule has 6 nitrogen and oxygen atoms in total. The molecule has 0 aliphatic carbocycles. The molecule has 104 valence electrons. The smallest absolute Gasteiger partial charge is 0.408 e. The van der Waals surface area contributed by atoms with Crippen molar-refractivity contribution in [2.45, 2.75) is 51.4 Å². The highest BCUT2D eigenvalue weighted by Gasteiger charge is 2.29. The van der Waals surface area contributed by atoms with Gasteiger partial charge >= 0.3 is 12.1 Å². The molecule has 6 heteroatoms. The van der Waals surface area contributed by atoms with Gasteiger partial charge < -0.3 is 19.5 Å². The molecule has 0 aromatic heterocycles. The zero-order valence-corrected chi connectivity index (χ0v) is 11.1. The topological polar surface area (TPSA) is 77.2 Å². The van der Waals surface area contributed by atoms with Crippen LogP contribution in [-0.4, -0.2) is 43.5 Å². The van der Waals surface area contributed by atoms with Crippen molar-refractivity contribution < 1.29 is 26.5 Å². The first-order valence-corrected chi connectivity index (χ1v) is 5.80. The Bertz CT molecular complexity index is 381. The summed E-state index contributed by atoms with van der Waals surface area (Å²) < 4.78 is 29.0. The molecule has 18 heavy (non-hydrogen) atoms. The highest BCUT2D eigenvalue weighted by molar-refractivity contribution is 5.81. The van der Waals surface area contributed by atoms with Gasteiger partial charge in [-0.2, -0.15) is 0 Å². The summed E-state index contributed by atoms with van der Waals surface area (Å²) in [6, 6.07) is -0.880. The van der Waals surface area contributed by atoms with Gasteiger partial charge in [0.25, 0.3) is 0 Å². The van der Waals surface area contributed by atoms with Crippen molar-refractivity contribution in [2.75, 3.05) is 13.7 Å². The minimum absolute atomic E-state index is 0.218. The second-order valence-corrected chi connectivity index (χ2v) is 5.02. The predicted octanol–water partition coefficient (Wildman–Crippen LogP) is 1.23. The maximum Gasteiger partial charge on any atom is 0.408 e. The van der Waals surface area contributed by atoms with Crippen molar-refractivity contribution in [3.8, 4) is 0 Å². The maximum atomic E-state index is 11.6. The van der Waals surface area contributed by atoms with Gasteiger partial charge in [0.1, 0.15) is 11.6 Å². The number of rotatable bonds is 5. The number of ether oxygens (including phenoxy) is 3. The Balaban J connectivity index is 2.48. The minimum atomic E-state index is -1.63. The van der Waals surface area contributed by atoms with E-state index < -0.39 is 36.4 Å². The molecule has 1 amide bonds. The summed E-state index contributed by atoms with van der Waals surface area (Å²) in [7, 11) is 1.22. The summed E-state index contributed by atoms with van der Waals surface area (Å²) in [6.45, 7) is 3.51. The third-order valence-corrected chi connectivity index (χ3v) is 2.18. The fourth-order valence-corrected chi connectivity index (χ4v) is 1.33. The van der Waals surface area contributed by atoms with Crippen LogP contribution >= 0.6 is 0 Å². The Morgan fingerprint density at radius 2 is 2.17 bits per heavy atom. The number of methoxy groups -OCH3 is 1. The quantitative estimate of drug-likeness (QED) is 0.458. The van der Waals surface area contributed by atoms with E-state index in [1.807, 2.05) is 0 Å². The van der Waals surface area contributed by atoms with Crippen LogP contribution in [0.5, 0.6) is 0 Å². The Labute approximate surface area is 110 Å². The maximum absolute atomic E-state index is 11.6. The van der Waals surface area contributed by atoms with Crippen molar-refractivity contribution in [3.05, 3.63) is 0 Å². The summed E-state index contributed by atoms with van der Waals surface area (Å²) in [5.74, 6) is -0.600. The van der Waals surface area contributed by atoms with Crippen molar-refractivity contribution in [3.63, 3.8) is 0 Å². The zero-order valence-electron chi connectivity index (χ0n) is 13.1. The van der Waals surface area contributed by atoms with E-state index >= 15 is 0 Å². The fourth-order valence-electron chi connectivity index (χ4n) is 1.33. The number of alkyl carbamates (subject to hydrolysis) is 1. The molecule has 1 saturated heterocycles. The molecule has 0 aromatic carbocycles. The summed E-state index contributed by atoms with van der Waals surface area (Å²) in [5, 5.41) is 2.42. The van der Waals surface area contributed by atoms with E-state index in [9.17, 15) is 9.59 Å². The first kappa shape index (κ1) is 11.8. The number of carbonyl (C=O) groups is 2. The molecule has 2 atom stereocenters. The number of hydrogen-bond donors (Lipinski definition) is 1. The van der Waals surface area contributed by atoms with Gasteiger partial charge in [0, 0.05) is 0 Å². The molecular weight excluding hydrogens is 239 g/mol. The second kappa shape index (κ2) is 6.04. The molecule has 0 radical (unpaired) electrons. The molecule has 1 rings (SSSR count). The third kappa shape index (κ3) is 5.86. The zero-order chi connectivity index (χ0) is 15.6. The molecule has 1 aliphatic heterocycles. The number of amides is 1. The third-order valence-electron chi connectivity index (χ3n) is 2.18. The van der Waals surface area contributed by atoms with Gasteiger partial charge in [-0.3, -0.25) is 0 Å². The molecule has 0 bridgehead atoms. The van der Waals surface area contributed by atoms with E-state index in [0.717, 1.165) is 0 Å². The van der Waals surface area contributed by atoms with Crippen LogP contribution in [-0.2, 0) is 19.0 Å². The van der Waals surface area contributed by atoms with Crippen LogP contribution in [0.25, 0.3) is 0 Å². The van der Waals surface area contributed by atoms with Crippen molar-refractivity contribution in [2.24, 2.45) is 0 Å². The average Bonchev–Trinajstić information content (AvgIpc) is 2.88. The van der Waals surface area contributed by atoms with E-state index in [0.29, 0.717) is 6.42 Å². The lowest BCUT2D eigenvalue weighted by atomic mass is 10.1. The van der Waals surface area contributed by atoms with Gasteiger partial charge in [-0.05, 0) is 33.6 Å². The largest absolute Gasteiger partial charge is 0.467 e. The monoisotopic (exact) mass is 262 g/mol. The van der Waals surface area contributed by atoms with Crippen LogP contribution in [0.3, 0.4) is 0 Å². The average molecular weight is 262 g/mol. The van der Waals surface area contributed by atoms with Crippen LogP contribution in [0.1, 0.15) is 36.4 Å².